The number of anilines is 3. The Kier molecular flexibility index (Phi) is 7.66. The number of rotatable bonds is 5. The van der Waals surface area contributed by atoms with E-state index in [4.69, 9.17) is 0 Å². The normalized spacial score (nSPS) is 15.7. The Morgan fingerprint density at radius 2 is 0.934 bits per heavy atom. The van der Waals surface area contributed by atoms with Crippen LogP contribution in [-0.4, -0.2) is 0 Å². The molecule has 3 aliphatic rings. The van der Waals surface area contributed by atoms with Crippen molar-refractivity contribution < 1.29 is 4.39 Å². The monoisotopic (exact) mass is 783 g/mol. The van der Waals surface area contributed by atoms with E-state index in [-0.39, 0.29) is 11.2 Å². The smallest absolute Gasteiger partial charge is 0.124 e. The molecule has 3 aliphatic carbocycles. The minimum atomic E-state index is -0.573. The molecule has 1 nitrogen and oxygen atoms in total. The van der Waals surface area contributed by atoms with Crippen LogP contribution in [-0.2, 0) is 10.8 Å². The average molecular weight is 784 g/mol. The maximum Gasteiger partial charge on any atom is 0.124 e. The molecule has 290 valence electrons. The van der Waals surface area contributed by atoms with Crippen molar-refractivity contribution in [3.8, 4) is 55.6 Å². The summed E-state index contributed by atoms with van der Waals surface area (Å²) in [5.41, 5.74) is 23.3. The molecule has 0 fully saturated rings. The predicted octanol–water partition coefficient (Wildman–Crippen LogP) is 15.6. The molecule has 0 heterocycles. The highest BCUT2D eigenvalue weighted by Gasteiger charge is 2.52. The van der Waals surface area contributed by atoms with Gasteiger partial charge in [0.25, 0.3) is 0 Å². The third-order valence-electron chi connectivity index (χ3n) is 13.8. The van der Waals surface area contributed by atoms with Crippen molar-refractivity contribution >= 4 is 17.1 Å². The Morgan fingerprint density at radius 1 is 0.377 bits per heavy atom. The zero-order chi connectivity index (χ0) is 41.0. The van der Waals surface area contributed by atoms with Crippen LogP contribution in [0.2, 0.25) is 0 Å². The van der Waals surface area contributed by atoms with Crippen LogP contribution in [0.1, 0.15) is 52.8 Å². The Balaban J connectivity index is 1.07. The molecule has 0 radical (unpaired) electrons. The van der Waals surface area contributed by atoms with Crippen molar-refractivity contribution in [1.29, 1.82) is 0 Å². The van der Waals surface area contributed by atoms with Gasteiger partial charge in [0.15, 0.2) is 0 Å². The van der Waals surface area contributed by atoms with E-state index in [0.717, 1.165) is 33.8 Å². The molecule has 0 saturated heterocycles. The molecular formula is C59H42FN. The molecular weight excluding hydrogens is 742 g/mol. The van der Waals surface area contributed by atoms with Gasteiger partial charge in [-0.3, -0.25) is 0 Å². The summed E-state index contributed by atoms with van der Waals surface area (Å²) in [5.74, 6) is -0.217. The molecule has 9 aromatic carbocycles. The highest BCUT2D eigenvalue weighted by atomic mass is 19.1. The van der Waals surface area contributed by atoms with E-state index >= 15 is 0 Å². The lowest BCUT2D eigenvalue weighted by molar-refractivity contribution is 0.627. The first kappa shape index (κ1) is 35.6. The van der Waals surface area contributed by atoms with E-state index in [9.17, 15) is 4.39 Å². The molecule has 0 saturated carbocycles. The Morgan fingerprint density at radius 3 is 1.69 bits per heavy atom. The topological polar surface area (TPSA) is 3.24 Å². The van der Waals surface area contributed by atoms with Gasteiger partial charge in [0, 0.05) is 22.4 Å². The SMILES string of the molecule is Cc1cc(F)cc(-c2ccc3c(c2)C2(c4ccccc4-3)c3ccccc3-c3c(N(c4ccccc4)c4ccc(-c5cccc6c5-c5ccccc5C6(C)C)cc4)cccc32)c1. The van der Waals surface area contributed by atoms with Gasteiger partial charge >= 0.3 is 0 Å². The van der Waals surface area contributed by atoms with Crippen LogP contribution < -0.4 is 4.90 Å². The van der Waals surface area contributed by atoms with Crippen LogP contribution in [0.15, 0.2) is 200 Å². The Hall–Kier alpha value is -7.29. The summed E-state index contributed by atoms with van der Waals surface area (Å²) < 4.78 is 14.9. The quantitative estimate of drug-likeness (QED) is 0.168. The van der Waals surface area contributed by atoms with E-state index in [0.29, 0.717) is 0 Å². The highest BCUT2D eigenvalue weighted by Crippen LogP contribution is 2.65. The molecule has 1 spiro atoms. The fraction of sp³-hybridized carbons (Fsp3) is 0.0847. The van der Waals surface area contributed by atoms with Gasteiger partial charge in [-0.1, -0.05) is 166 Å². The molecule has 1 unspecified atom stereocenters. The average Bonchev–Trinajstić information content (AvgIpc) is 3.85. The largest absolute Gasteiger partial charge is 0.310 e. The highest BCUT2D eigenvalue weighted by molar-refractivity contribution is 6.02. The summed E-state index contributed by atoms with van der Waals surface area (Å²) in [6.45, 7) is 6.65. The number of hydrogen-bond acceptors (Lipinski definition) is 1. The molecule has 0 N–H and O–H groups in total. The number of hydrogen-bond donors (Lipinski definition) is 0. The van der Waals surface area contributed by atoms with Gasteiger partial charge in [-0.05, 0) is 144 Å². The number of aryl methyl sites for hydroxylation is 1. The minimum Gasteiger partial charge on any atom is -0.310 e. The van der Waals surface area contributed by atoms with Gasteiger partial charge in [0.05, 0.1) is 11.1 Å². The zero-order valence-electron chi connectivity index (χ0n) is 34.4. The summed E-state index contributed by atoms with van der Waals surface area (Å²) in [6.07, 6.45) is 0. The van der Waals surface area contributed by atoms with E-state index in [1.165, 1.54) is 77.9 Å². The maximum absolute atomic E-state index is 14.9. The molecule has 61 heavy (non-hydrogen) atoms. The summed E-state index contributed by atoms with van der Waals surface area (Å²) in [4.78, 5) is 2.43. The molecule has 0 aromatic heterocycles. The van der Waals surface area contributed by atoms with Crippen LogP contribution in [0.3, 0.4) is 0 Å². The van der Waals surface area contributed by atoms with Crippen LogP contribution in [0.4, 0.5) is 21.5 Å². The lowest BCUT2D eigenvalue weighted by Gasteiger charge is -2.32. The van der Waals surface area contributed by atoms with E-state index in [2.05, 4.69) is 207 Å². The fourth-order valence-corrected chi connectivity index (χ4v) is 11.2. The fourth-order valence-electron chi connectivity index (χ4n) is 11.2. The standard InChI is InChI=1S/C59H42FN/c1-37-33-40(35-41(60)34-37)39-29-32-46-45-17-7-11-22-50(45)59(54(46)36-39)51-23-12-9-19-48(51)57-53(59)25-14-26-55(57)61(42-15-5-4-6-16-42)43-30-27-38(28-31-43)44-20-13-24-52-56(44)47-18-8-10-21-49(47)58(52,2)3/h4-36H,1-3H3. The van der Waals surface area contributed by atoms with Crippen LogP contribution in [0.25, 0.3) is 55.6 Å². The van der Waals surface area contributed by atoms with Crippen molar-refractivity contribution in [1.82, 2.24) is 0 Å². The van der Waals surface area contributed by atoms with Gasteiger partial charge in [-0.2, -0.15) is 0 Å². The second kappa shape index (κ2) is 13.1. The lowest BCUT2D eigenvalue weighted by atomic mass is 9.70. The summed E-state index contributed by atoms with van der Waals surface area (Å²) >= 11 is 0. The number of halogens is 1. The third kappa shape index (κ3) is 5.00. The lowest BCUT2D eigenvalue weighted by Crippen LogP contribution is -2.26. The van der Waals surface area contributed by atoms with E-state index in [1.807, 2.05) is 6.92 Å². The summed E-state index contributed by atoms with van der Waals surface area (Å²) in [6, 6.07) is 72.4. The first-order chi connectivity index (χ1) is 29.8. The number of benzene rings is 9. The number of nitrogens with zero attached hydrogens (tertiary/aromatic N) is 1. The van der Waals surface area contributed by atoms with Crippen LogP contribution >= 0.6 is 0 Å². The zero-order valence-corrected chi connectivity index (χ0v) is 34.4. The van der Waals surface area contributed by atoms with Gasteiger partial charge in [-0.15, -0.1) is 0 Å². The minimum absolute atomic E-state index is 0.0618. The second-order valence-electron chi connectivity index (χ2n) is 17.4. The van der Waals surface area contributed by atoms with Crippen molar-refractivity contribution in [3.05, 3.63) is 245 Å². The molecule has 0 bridgehead atoms. The van der Waals surface area contributed by atoms with Gasteiger partial charge in [-0.25, -0.2) is 4.39 Å². The first-order valence-corrected chi connectivity index (χ1v) is 21.3. The van der Waals surface area contributed by atoms with Crippen molar-refractivity contribution in [3.63, 3.8) is 0 Å². The van der Waals surface area contributed by atoms with E-state index in [1.54, 1.807) is 12.1 Å². The molecule has 0 amide bonds. The second-order valence-corrected chi connectivity index (χ2v) is 17.4. The van der Waals surface area contributed by atoms with Crippen molar-refractivity contribution in [2.75, 3.05) is 4.90 Å². The molecule has 12 rings (SSSR count). The van der Waals surface area contributed by atoms with Crippen LogP contribution in [0.5, 0.6) is 0 Å². The van der Waals surface area contributed by atoms with Gasteiger partial charge in [0.2, 0.25) is 0 Å². The number of para-hydroxylation sites is 1. The van der Waals surface area contributed by atoms with Crippen molar-refractivity contribution in [2.45, 2.75) is 31.6 Å². The molecule has 0 aliphatic heterocycles. The summed E-state index contributed by atoms with van der Waals surface area (Å²) in [5, 5.41) is 0. The summed E-state index contributed by atoms with van der Waals surface area (Å²) in [7, 11) is 0. The maximum atomic E-state index is 14.9. The Bertz CT molecular complexity index is 3230. The molecule has 9 aromatic rings. The molecule has 2 heteroatoms. The molecule has 1 atom stereocenters. The van der Waals surface area contributed by atoms with E-state index < -0.39 is 5.41 Å². The first-order valence-electron chi connectivity index (χ1n) is 21.3. The number of fused-ring (bicyclic) bond motifs is 13. The predicted molar refractivity (Wildman–Crippen MR) is 251 cm³/mol. The van der Waals surface area contributed by atoms with Crippen LogP contribution in [0, 0.1) is 12.7 Å². The van der Waals surface area contributed by atoms with Crippen molar-refractivity contribution in [2.24, 2.45) is 0 Å². The Labute approximate surface area is 357 Å². The van der Waals surface area contributed by atoms with Gasteiger partial charge < -0.3 is 4.90 Å². The third-order valence-corrected chi connectivity index (χ3v) is 13.8. The van der Waals surface area contributed by atoms with Gasteiger partial charge in [0.1, 0.15) is 5.82 Å².